The number of unbranched alkanes of at least 4 members (excludes halogenated alkanes) is 8. The largest absolute Gasteiger partial charge is 0.465 e. The minimum atomic E-state index is -0.0738. The van der Waals surface area contributed by atoms with Crippen LogP contribution in [0.5, 0.6) is 0 Å². The Kier molecular flexibility index (Phi) is 12.3. The number of benzene rings is 1. The Hall–Kier alpha value is -1.84. The fraction of sp³-hybridized carbons (Fsp3) is 0.704. The van der Waals surface area contributed by atoms with Crippen LogP contribution < -0.4 is 0 Å². The SMILES string of the molecule is CCCCCCCCCCOC(=O)C1CCN(C(=O)c2ccc(CCCC)cc2)CC1. The van der Waals surface area contributed by atoms with Gasteiger partial charge in [0.1, 0.15) is 0 Å². The van der Waals surface area contributed by atoms with Crippen molar-refractivity contribution in [1.82, 2.24) is 4.90 Å². The molecular weight excluding hydrogens is 386 g/mol. The maximum atomic E-state index is 12.8. The van der Waals surface area contributed by atoms with Gasteiger partial charge in [-0.1, -0.05) is 77.3 Å². The first-order valence-corrected chi connectivity index (χ1v) is 12.7. The molecule has 2 rings (SSSR count). The van der Waals surface area contributed by atoms with Gasteiger partial charge in [-0.25, -0.2) is 0 Å². The molecule has 0 radical (unpaired) electrons. The monoisotopic (exact) mass is 429 g/mol. The van der Waals surface area contributed by atoms with Crippen molar-refractivity contribution in [2.45, 2.75) is 97.3 Å². The maximum absolute atomic E-state index is 12.8. The Bertz CT molecular complexity index is 632. The minimum Gasteiger partial charge on any atom is -0.465 e. The number of hydrogen-bond acceptors (Lipinski definition) is 3. The molecule has 1 heterocycles. The van der Waals surface area contributed by atoms with Crippen LogP contribution in [-0.4, -0.2) is 36.5 Å². The van der Waals surface area contributed by atoms with Gasteiger partial charge >= 0.3 is 5.97 Å². The second-order valence-electron chi connectivity index (χ2n) is 9.01. The highest BCUT2D eigenvalue weighted by molar-refractivity contribution is 5.94. The first-order chi connectivity index (χ1) is 15.2. The van der Waals surface area contributed by atoms with E-state index in [1.807, 2.05) is 17.0 Å². The summed E-state index contributed by atoms with van der Waals surface area (Å²) in [7, 11) is 0. The number of likely N-dealkylation sites (tertiary alicyclic amines) is 1. The number of nitrogens with zero attached hydrogens (tertiary/aromatic N) is 1. The third-order valence-corrected chi connectivity index (χ3v) is 6.38. The van der Waals surface area contributed by atoms with E-state index in [2.05, 4.69) is 26.0 Å². The van der Waals surface area contributed by atoms with Crippen LogP contribution in [0.2, 0.25) is 0 Å². The molecule has 31 heavy (non-hydrogen) atoms. The van der Waals surface area contributed by atoms with Crippen LogP contribution in [0.1, 0.15) is 107 Å². The molecule has 0 N–H and O–H groups in total. The third-order valence-electron chi connectivity index (χ3n) is 6.38. The normalized spacial score (nSPS) is 14.6. The van der Waals surface area contributed by atoms with E-state index in [4.69, 9.17) is 4.74 Å². The fourth-order valence-electron chi connectivity index (χ4n) is 4.22. The fourth-order valence-corrected chi connectivity index (χ4v) is 4.22. The van der Waals surface area contributed by atoms with Crippen LogP contribution in [0.15, 0.2) is 24.3 Å². The number of carbonyl (C=O) groups excluding carboxylic acids is 2. The van der Waals surface area contributed by atoms with E-state index in [1.165, 1.54) is 56.9 Å². The molecule has 0 aromatic heterocycles. The molecule has 1 aromatic rings. The molecule has 1 aliphatic rings. The first-order valence-electron chi connectivity index (χ1n) is 12.7. The number of ether oxygens (including phenoxy) is 1. The van der Waals surface area contributed by atoms with E-state index in [1.54, 1.807) is 0 Å². The summed E-state index contributed by atoms with van der Waals surface area (Å²) >= 11 is 0. The van der Waals surface area contributed by atoms with Gasteiger partial charge in [0.25, 0.3) is 5.91 Å². The van der Waals surface area contributed by atoms with Crippen LogP contribution in [0.4, 0.5) is 0 Å². The van der Waals surface area contributed by atoms with Crippen molar-refractivity contribution < 1.29 is 14.3 Å². The van der Waals surface area contributed by atoms with Crippen molar-refractivity contribution in [3.63, 3.8) is 0 Å². The second-order valence-corrected chi connectivity index (χ2v) is 9.01. The molecule has 1 fully saturated rings. The highest BCUT2D eigenvalue weighted by Crippen LogP contribution is 2.21. The van der Waals surface area contributed by atoms with Gasteiger partial charge in [0.2, 0.25) is 0 Å². The van der Waals surface area contributed by atoms with Crippen molar-refractivity contribution >= 4 is 11.9 Å². The zero-order chi connectivity index (χ0) is 22.3. The quantitative estimate of drug-likeness (QED) is 0.248. The van der Waals surface area contributed by atoms with E-state index in [9.17, 15) is 9.59 Å². The van der Waals surface area contributed by atoms with Gasteiger partial charge in [-0.3, -0.25) is 9.59 Å². The van der Waals surface area contributed by atoms with E-state index >= 15 is 0 Å². The number of amides is 1. The predicted molar refractivity (Wildman–Crippen MR) is 127 cm³/mol. The summed E-state index contributed by atoms with van der Waals surface area (Å²) in [6.07, 6.45) is 14.8. The molecule has 0 atom stereocenters. The topological polar surface area (TPSA) is 46.6 Å². The van der Waals surface area contributed by atoms with Crippen molar-refractivity contribution in [2.75, 3.05) is 19.7 Å². The lowest BCUT2D eigenvalue weighted by Gasteiger charge is -2.31. The lowest BCUT2D eigenvalue weighted by atomic mass is 9.96. The zero-order valence-corrected chi connectivity index (χ0v) is 19.9. The van der Waals surface area contributed by atoms with Gasteiger partial charge in [0, 0.05) is 18.7 Å². The molecule has 0 aliphatic carbocycles. The third kappa shape index (κ3) is 9.45. The van der Waals surface area contributed by atoms with Gasteiger partial charge in [-0.15, -0.1) is 0 Å². The number of aryl methyl sites for hydroxylation is 1. The summed E-state index contributed by atoms with van der Waals surface area (Å²) in [5, 5.41) is 0. The Morgan fingerprint density at radius 3 is 2.03 bits per heavy atom. The van der Waals surface area contributed by atoms with Crippen LogP contribution in [0.25, 0.3) is 0 Å². The average molecular weight is 430 g/mol. The number of piperidine rings is 1. The smallest absolute Gasteiger partial charge is 0.309 e. The Morgan fingerprint density at radius 2 is 1.42 bits per heavy atom. The van der Waals surface area contributed by atoms with Gasteiger partial charge in [0.15, 0.2) is 0 Å². The average Bonchev–Trinajstić information content (AvgIpc) is 2.81. The van der Waals surface area contributed by atoms with E-state index in [0.717, 1.165) is 24.8 Å². The lowest BCUT2D eigenvalue weighted by molar-refractivity contribution is -0.150. The van der Waals surface area contributed by atoms with E-state index < -0.39 is 0 Å². The molecule has 0 saturated carbocycles. The van der Waals surface area contributed by atoms with Gasteiger partial charge in [-0.2, -0.15) is 0 Å². The highest BCUT2D eigenvalue weighted by Gasteiger charge is 2.28. The molecule has 1 aliphatic heterocycles. The summed E-state index contributed by atoms with van der Waals surface area (Å²) in [5.74, 6) is -0.0577. The molecule has 1 amide bonds. The second kappa shape index (κ2) is 15.0. The van der Waals surface area contributed by atoms with Crippen molar-refractivity contribution in [3.05, 3.63) is 35.4 Å². The van der Waals surface area contributed by atoms with Crippen LogP contribution in [0, 0.1) is 5.92 Å². The van der Waals surface area contributed by atoms with E-state index in [0.29, 0.717) is 32.5 Å². The minimum absolute atomic E-state index is 0.0606. The molecule has 174 valence electrons. The Morgan fingerprint density at radius 1 is 0.839 bits per heavy atom. The van der Waals surface area contributed by atoms with E-state index in [-0.39, 0.29) is 17.8 Å². The number of hydrogen-bond donors (Lipinski definition) is 0. The van der Waals surface area contributed by atoms with Crippen LogP contribution >= 0.6 is 0 Å². The van der Waals surface area contributed by atoms with Crippen molar-refractivity contribution in [1.29, 1.82) is 0 Å². The first kappa shape index (κ1) is 25.4. The lowest BCUT2D eigenvalue weighted by Crippen LogP contribution is -2.40. The van der Waals surface area contributed by atoms with Crippen molar-refractivity contribution in [2.24, 2.45) is 5.92 Å². The number of rotatable bonds is 14. The Labute approximate surface area is 189 Å². The maximum Gasteiger partial charge on any atom is 0.309 e. The number of esters is 1. The van der Waals surface area contributed by atoms with Gasteiger partial charge in [-0.05, 0) is 49.8 Å². The molecule has 4 heteroatoms. The summed E-state index contributed by atoms with van der Waals surface area (Å²) in [6, 6.07) is 8.02. The van der Waals surface area contributed by atoms with Crippen LogP contribution in [0.3, 0.4) is 0 Å². The molecule has 1 saturated heterocycles. The van der Waals surface area contributed by atoms with Crippen molar-refractivity contribution in [3.8, 4) is 0 Å². The molecule has 1 aromatic carbocycles. The number of carbonyl (C=O) groups is 2. The molecule has 0 bridgehead atoms. The zero-order valence-electron chi connectivity index (χ0n) is 19.9. The summed E-state index contributed by atoms with van der Waals surface area (Å²) in [4.78, 5) is 27.0. The molecule has 0 unspecified atom stereocenters. The van der Waals surface area contributed by atoms with Crippen LogP contribution in [-0.2, 0) is 16.0 Å². The molecule has 0 spiro atoms. The van der Waals surface area contributed by atoms with Gasteiger partial charge in [0.05, 0.1) is 12.5 Å². The summed E-state index contributed by atoms with van der Waals surface area (Å²) in [6.45, 7) is 6.23. The highest BCUT2D eigenvalue weighted by atomic mass is 16.5. The summed E-state index contributed by atoms with van der Waals surface area (Å²) in [5.41, 5.74) is 2.03. The van der Waals surface area contributed by atoms with Gasteiger partial charge < -0.3 is 9.64 Å². The standard InChI is InChI=1S/C27H43NO3/c1-3-5-7-8-9-10-11-12-22-31-27(30)25-18-20-28(21-19-25)26(29)24-16-14-23(15-17-24)13-6-4-2/h14-17,25H,3-13,18-22H2,1-2H3. The Balaban J connectivity index is 1.60. The molecule has 4 nitrogen and oxygen atoms in total. The molecular formula is C27H43NO3. The predicted octanol–water partition coefficient (Wildman–Crippen LogP) is 6.57. The summed E-state index contributed by atoms with van der Waals surface area (Å²) < 4.78 is 5.51.